The Morgan fingerprint density at radius 2 is 2.00 bits per heavy atom. The van der Waals surface area contributed by atoms with E-state index in [0.29, 0.717) is 0 Å². The lowest BCUT2D eigenvalue weighted by Gasteiger charge is -2.26. The summed E-state index contributed by atoms with van der Waals surface area (Å²) in [5.41, 5.74) is 0. The van der Waals surface area contributed by atoms with Crippen molar-refractivity contribution in [1.82, 2.24) is 14.8 Å². The molecule has 0 aliphatic carbocycles. The van der Waals surface area contributed by atoms with Gasteiger partial charge >= 0.3 is 0 Å². The Morgan fingerprint density at radius 3 is 2.63 bits per heavy atom. The van der Waals surface area contributed by atoms with Crippen LogP contribution < -0.4 is 4.90 Å². The van der Waals surface area contributed by atoms with Gasteiger partial charge in [0.25, 0.3) is 0 Å². The Bertz CT molecular complexity index is 609. The fourth-order valence-corrected chi connectivity index (χ4v) is 4.14. The van der Waals surface area contributed by atoms with Gasteiger partial charge in [-0.1, -0.05) is 0 Å². The smallest absolute Gasteiger partial charge is 0.227 e. The first-order valence-electron chi connectivity index (χ1n) is 6.21. The summed E-state index contributed by atoms with van der Waals surface area (Å²) in [6.07, 6.45) is 0. The molecule has 2 aromatic heterocycles. The normalized spacial score (nSPS) is 17.1. The van der Waals surface area contributed by atoms with E-state index >= 15 is 0 Å². The first kappa shape index (κ1) is 12.8. The number of aromatic nitrogens is 3. The predicted octanol–water partition coefficient (Wildman–Crippen LogP) is 1.42. The maximum atomic E-state index is 11.4. The summed E-state index contributed by atoms with van der Waals surface area (Å²) >= 11 is 1.72. The molecule has 19 heavy (non-hydrogen) atoms. The summed E-state index contributed by atoms with van der Waals surface area (Å²) in [4.78, 5) is 4.57. The molecule has 1 fully saturated rings. The van der Waals surface area contributed by atoms with Crippen molar-refractivity contribution in [2.45, 2.75) is 6.92 Å². The van der Waals surface area contributed by atoms with Gasteiger partial charge in [-0.15, -0.1) is 21.5 Å². The van der Waals surface area contributed by atoms with Gasteiger partial charge in [0.05, 0.1) is 4.88 Å². The second-order valence-electron chi connectivity index (χ2n) is 4.63. The molecular weight excluding hydrogens is 280 g/mol. The third kappa shape index (κ3) is 2.44. The molecule has 1 aliphatic rings. The van der Waals surface area contributed by atoms with Crippen molar-refractivity contribution in [2.24, 2.45) is 7.05 Å². The van der Waals surface area contributed by atoms with Crippen molar-refractivity contribution in [2.75, 3.05) is 29.5 Å². The third-order valence-corrected chi connectivity index (χ3v) is 5.55. The Morgan fingerprint density at radius 1 is 1.26 bits per heavy atom. The molecule has 3 heterocycles. The van der Waals surface area contributed by atoms with E-state index in [2.05, 4.69) is 34.2 Å². The van der Waals surface area contributed by atoms with Gasteiger partial charge in [-0.2, -0.15) is 0 Å². The number of thiophene rings is 1. The molecule has 5 nitrogen and oxygen atoms in total. The second-order valence-corrected chi connectivity index (χ2v) is 7.61. The Kier molecular flexibility index (Phi) is 3.40. The summed E-state index contributed by atoms with van der Waals surface area (Å²) in [5, 5.41) is 8.60. The van der Waals surface area contributed by atoms with Gasteiger partial charge in [0.1, 0.15) is 0 Å². The molecule has 0 radical (unpaired) electrons. The van der Waals surface area contributed by atoms with Crippen LogP contribution in [0, 0.1) is 6.92 Å². The SMILES string of the molecule is Cc1ccc(-c2nnc(N3CCS(=O)CC3)n2C)s1. The second kappa shape index (κ2) is 5.05. The highest BCUT2D eigenvalue weighted by Crippen LogP contribution is 2.28. The van der Waals surface area contributed by atoms with Crippen LogP contribution >= 0.6 is 11.3 Å². The quantitative estimate of drug-likeness (QED) is 0.841. The maximum Gasteiger partial charge on any atom is 0.227 e. The molecule has 0 N–H and O–H groups in total. The van der Waals surface area contributed by atoms with Gasteiger partial charge in [-0.05, 0) is 19.1 Å². The first-order valence-corrected chi connectivity index (χ1v) is 8.52. The van der Waals surface area contributed by atoms with E-state index in [1.54, 1.807) is 11.3 Å². The molecular formula is C12H16N4OS2. The van der Waals surface area contributed by atoms with Crippen LogP contribution in [0.3, 0.4) is 0 Å². The van der Waals surface area contributed by atoms with E-state index in [0.717, 1.165) is 41.2 Å². The summed E-state index contributed by atoms with van der Waals surface area (Å²) in [6.45, 7) is 3.68. The molecule has 0 aromatic carbocycles. The molecule has 0 spiro atoms. The van der Waals surface area contributed by atoms with Crippen LogP contribution in [0.2, 0.25) is 0 Å². The monoisotopic (exact) mass is 296 g/mol. The van der Waals surface area contributed by atoms with Gasteiger partial charge in [0.2, 0.25) is 5.95 Å². The van der Waals surface area contributed by atoms with E-state index < -0.39 is 10.8 Å². The number of hydrogen-bond acceptors (Lipinski definition) is 5. The number of anilines is 1. The minimum absolute atomic E-state index is 0.664. The Hall–Kier alpha value is -1.21. The number of nitrogens with zero attached hydrogens (tertiary/aromatic N) is 4. The molecule has 1 aliphatic heterocycles. The highest BCUT2D eigenvalue weighted by atomic mass is 32.2. The van der Waals surface area contributed by atoms with E-state index in [1.165, 1.54) is 4.88 Å². The summed E-state index contributed by atoms with van der Waals surface area (Å²) in [7, 11) is 1.33. The Balaban J connectivity index is 1.88. The topological polar surface area (TPSA) is 51.0 Å². The fraction of sp³-hybridized carbons (Fsp3) is 0.500. The molecule has 7 heteroatoms. The standard InChI is InChI=1S/C12H16N4OS2/c1-9-3-4-10(18-9)11-13-14-12(15(11)2)16-5-7-19(17)8-6-16/h3-4H,5-8H2,1-2H3. The van der Waals surface area contributed by atoms with Crippen LogP contribution in [-0.4, -0.2) is 43.6 Å². The van der Waals surface area contributed by atoms with Crippen molar-refractivity contribution >= 4 is 28.1 Å². The number of hydrogen-bond donors (Lipinski definition) is 0. The lowest BCUT2D eigenvalue weighted by Crippen LogP contribution is -2.39. The molecule has 0 bridgehead atoms. The lowest BCUT2D eigenvalue weighted by molar-refractivity contribution is 0.669. The minimum Gasteiger partial charge on any atom is -0.339 e. The first-order chi connectivity index (χ1) is 9.15. The van der Waals surface area contributed by atoms with Crippen molar-refractivity contribution in [1.29, 1.82) is 0 Å². The van der Waals surface area contributed by atoms with Gasteiger partial charge in [-0.3, -0.25) is 8.78 Å². The van der Waals surface area contributed by atoms with E-state index in [-0.39, 0.29) is 0 Å². The average molecular weight is 296 g/mol. The highest BCUT2D eigenvalue weighted by molar-refractivity contribution is 7.85. The zero-order valence-corrected chi connectivity index (χ0v) is 12.6. The number of rotatable bonds is 2. The van der Waals surface area contributed by atoms with E-state index in [4.69, 9.17) is 0 Å². The fourth-order valence-electron chi connectivity index (χ4n) is 2.20. The van der Waals surface area contributed by atoms with E-state index in [1.807, 2.05) is 11.6 Å². The van der Waals surface area contributed by atoms with Crippen LogP contribution in [0.4, 0.5) is 5.95 Å². The average Bonchev–Trinajstić information content (AvgIpc) is 2.97. The molecule has 2 aromatic rings. The zero-order valence-electron chi connectivity index (χ0n) is 11.0. The minimum atomic E-state index is -0.664. The van der Waals surface area contributed by atoms with Crippen molar-refractivity contribution in [3.8, 4) is 10.7 Å². The molecule has 0 amide bonds. The highest BCUT2D eigenvalue weighted by Gasteiger charge is 2.21. The molecule has 0 atom stereocenters. The third-order valence-electron chi connectivity index (χ3n) is 3.27. The summed E-state index contributed by atoms with van der Waals surface area (Å²) < 4.78 is 13.4. The molecule has 3 rings (SSSR count). The van der Waals surface area contributed by atoms with Crippen molar-refractivity contribution < 1.29 is 4.21 Å². The van der Waals surface area contributed by atoms with Gasteiger partial charge < -0.3 is 4.90 Å². The largest absolute Gasteiger partial charge is 0.339 e. The Labute approximate surface area is 118 Å². The van der Waals surface area contributed by atoms with E-state index in [9.17, 15) is 4.21 Å². The lowest BCUT2D eigenvalue weighted by atomic mass is 10.4. The zero-order chi connectivity index (χ0) is 13.4. The van der Waals surface area contributed by atoms with Gasteiger partial charge in [0, 0.05) is 47.3 Å². The van der Waals surface area contributed by atoms with Gasteiger partial charge in [-0.25, -0.2) is 0 Å². The molecule has 1 saturated heterocycles. The van der Waals surface area contributed by atoms with Crippen LogP contribution in [0.5, 0.6) is 0 Å². The van der Waals surface area contributed by atoms with Crippen molar-refractivity contribution in [3.05, 3.63) is 17.0 Å². The van der Waals surface area contributed by atoms with Crippen LogP contribution in [0.25, 0.3) is 10.7 Å². The molecule has 102 valence electrons. The molecule has 0 unspecified atom stereocenters. The summed E-state index contributed by atoms with van der Waals surface area (Å²) in [5.74, 6) is 3.22. The van der Waals surface area contributed by atoms with Crippen LogP contribution in [-0.2, 0) is 17.8 Å². The predicted molar refractivity (Wildman–Crippen MR) is 79.1 cm³/mol. The van der Waals surface area contributed by atoms with Gasteiger partial charge in [0.15, 0.2) is 5.82 Å². The number of aryl methyl sites for hydroxylation is 1. The van der Waals surface area contributed by atoms with Crippen LogP contribution in [0.1, 0.15) is 4.88 Å². The summed E-state index contributed by atoms with van der Waals surface area (Å²) in [6, 6.07) is 4.18. The maximum absolute atomic E-state index is 11.4. The van der Waals surface area contributed by atoms with Crippen molar-refractivity contribution in [3.63, 3.8) is 0 Å². The molecule has 0 saturated carbocycles. The van der Waals surface area contributed by atoms with Crippen LogP contribution in [0.15, 0.2) is 12.1 Å².